The van der Waals surface area contributed by atoms with Crippen molar-refractivity contribution < 1.29 is 14.3 Å². The van der Waals surface area contributed by atoms with Crippen LogP contribution in [0.4, 0.5) is 4.79 Å². The van der Waals surface area contributed by atoms with Crippen molar-refractivity contribution in [3.05, 3.63) is 0 Å². The summed E-state index contributed by atoms with van der Waals surface area (Å²) in [6.45, 7) is -0.229. The van der Waals surface area contributed by atoms with Crippen LogP contribution in [0.2, 0.25) is 0 Å². The Balaban J connectivity index is 3.54. The first-order valence-electron chi connectivity index (χ1n) is 3.12. The molecule has 0 aromatic rings. The second-order valence-corrected chi connectivity index (χ2v) is 2.12. The third-order valence-corrected chi connectivity index (χ3v) is 0.971. The summed E-state index contributed by atoms with van der Waals surface area (Å²) in [4.78, 5) is 22.5. The first kappa shape index (κ1) is 9.74. The molecule has 5 heteroatoms. The van der Waals surface area contributed by atoms with Crippen LogP contribution >= 0.6 is 0 Å². The van der Waals surface area contributed by atoms with E-state index < -0.39 is 6.09 Å². The number of carbonyl (C=O) groups is 2. The Morgan fingerprint density at radius 3 is 2.36 bits per heavy atom. The van der Waals surface area contributed by atoms with Gasteiger partial charge in [-0.1, -0.05) is 0 Å². The molecule has 5 nitrogen and oxygen atoms in total. The van der Waals surface area contributed by atoms with Gasteiger partial charge in [0.05, 0.1) is 0 Å². The van der Waals surface area contributed by atoms with Crippen LogP contribution in [0, 0.1) is 0 Å². The Morgan fingerprint density at radius 2 is 2.00 bits per heavy atom. The van der Waals surface area contributed by atoms with Gasteiger partial charge in [-0.05, 0) is 0 Å². The minimum absolute atomic E-state index is 0.229. The predicted octanol–water partition coefficient (Wildman–Crippen LogP) is -0.569. The molecule has 0 aliphatic heterocycles. The molecule has 64 valence electrons. The second kappa shape index (κ2) is 4.54. The van der Waals surface area contributed by atoms with Crippen molar-refractivity contribution in [1.82, 2.24) is 10.2 Å². The van der Waals surface area contributed by atoms with Gasteiger partial charge >= 0.3 is 6.09 Å². The van der Waals surface area contributed by atoms with Crippen molar-refractivity contribution in [2.45, 2.75) is 0 Å². The summed E-state index contributed by atoms with van der Waals surface area (Å²) in [5.41, 5.74) is 0. The van der Waals surface area contributed by atoms with Crippen LogP contribution in [0.15, 0.2) is 0 Å². The summed E-state index contributed by atoms with van der Waals surface area (Å²) in [6, 6.07) is 0. The predicted molar refractivity (Wildman–Crippen MR) is 39.1 cm³/mol. The lowest BCUT2D eigenvalue weighted by atomic mass is 10.6. The summed E-state index contributed by atoms with van der Waals surface area (Å²) >= 11 is 0. The maximum Gasteiger partial charge on any atom is 0.409 e. The molecule has 0 aliphatic rings. The number of hydrogen-bond donors (Lipinski definition) is 1. The molecule has 0 heterocycles. The molecule has 0 aliphatic carbocycles. The van der Waals surface area contributed by atoms with Crippen molar-refractivity contribution >= 4 is 12.0 Å². The first-order chi connectivity index (χ1) is 5.07. The molecule has 0 rings (SSSR count). The van der Waals surface area contributed by atoms with E-state index in [9.17, 15) is 9.59 Å². The molecule has 0 saturated carbocycles. The lowest BCUT2D eigenvalue weighted by Gasteiger charge is -2.09. The van der Waals surface area contributed by atoms with E-state index in [0.717, 1.165) is 0 Å². The lowest BCUT2D eigenvalue weighted by Crippen LogP contribution is -2.29. The number of hydrogen-bond acceptors (Lipinski definition) is 3. The van der Waals surface area contributed by atoms with Crippen molar-refractivity contribution in [2.75, 3.05) is 27.7 Å². The molecular formula is C6H12N2O3. The highest BCUT2D eigenvalue weighted by atomic mass is 16.6. The van der Waals surface area contributed by atoms with Crippen LogP contribution in [-0.4, -0.2) is 44.7 Å². The number of carbonyl (C=O) groups excluding carboxylic acids is 2. The van der Waals surface area contributed by atoms with Crippen molar-refractivity contribution in [1.29, 1.82) is 0 Å². The molecule has 0 aromatic heterocycles. The molecule has 1 N–H and O–H groups in total. The van der Waals surface area contributed by atoms with Gasteiger partial charge in [0.1, 0.15) is 0 Å². The fraction of sp³-hybridized carbons (Fsp3) is 0.667. The van der Waals surface area contributed by atoms with Gasteiger partial charge in [-0.15, -0.1) is 0 Å². The van der Waals surface area contributed by atoms with Gasteiger partial charge in [-0.25, -0.2) is 4.79 Å². The van der Waals surface area contributed by atoms with Gasteiger partial charge in [-0.3, -0.25) is 4.79 Å². The summed E-state index contributed by atoms with van der Waals surface area (Å²) in [5, 5.41) is 2.32. The van der Waals surface area contributed by atoms with Gasteiger partial charge in [0.25, 0.3) is 5.91 Å². The van der Waals surface area contributed by atoms with E-state index in [2.05, 4.69) is 10.1 Å². The topological polar surface area (TPSA) is 58.6 Å². The van der Waals surface area contributed by atoms with E-state index >= 15 is 0 Å². The monoisotopic (exact) mass is 160 g/mol. The fourth-order valence-corrected chi connectivity index (χ4v) is 0.329. The van der Waals surface area contributed by atoms with Crippen molar-refractivity contribution in [3.63, 3.8) is 0 Å². The SMILES string of the molecule is CNC(=O)COC(=O)N(C)C. The number of likely N-dealkylation sites (N-methyl/N-ethyl adjacent to an activating group) is 1. The zero-order valence-corrected chi connectivity index (χ0v) is 6.88. The van der Waals surface area contributed by atoms with Crippen molar-refractivity contribution in [2.24, 2.45) is 0 Å². The van der Waals surface area contributed by atoms with E-state index in [1.165, 1.54) is 11.9 Å². The molecule has 0 spiro atoms. The maximum atomic E-state index is 10.7. The maximum absolute atomic E-state index is 10.7. The highest BCUT2D eigenvalue weighted by Gasteiger charge is 2.06. The quantitative estimate of drug-likeness (QED) is 0.588. The highest BCUT2D eigenvalue weighted by molar-refractivity contribution is 5.79. The number of nitrogens with zero attached hydrogens (tertiary/aromatic N) is 1. The fourth-order valence-electron chi connectivity index (χ4n) is 0.329. The van der Waals surface area contributed by atoms with Crippen LogP contribution in [0.5, 0.6) is 0 Å². The highest BCUT2D eigenvalue weighted by Crippen LogP contribution is 1.84. The van der Waals surface area contributed by atoms with E-state index in [-0.39, 0.29) is 12.5 Å². The lowest BCUT2D eigenvalue weighted by molar-refractivity contribution is -0.123. The zero-order chi connectivity index (χ0) is 8.85. The molecule has 0 saturated heterocycles. The number of rotatable bonds is 2. The average molecular weight is 160 g/mol. The number of ether oxygens (including phenoxy) is 1. The van der Waals surface area contributed by atoms with Crippen LogP contribution in [0.25, 0.3) is 0 Å². The standard InChI is InChI=1S/C6H12N2O3/c1-7-5(9)4-11-6(10)8(2)3/h4H2,1-3H3,(H,7,9). The molecule has 0 atom stereocenters. The van der Waals surface area contributed by atoms with Gasteiger partial charge in [0, 0.05) is 21.1 Å². The summed E-state index contributed by atoms with van der Waals surface area (Å²) in [6.07, 6.45) is -0.520. The Kier molecular flexibility index (Phi) is 4.02. The minimum Gasteiger partial charge on any atom is -0.439 e. The smallest absolute Gasteiger partial charge is 0.409 e. The van der Waals surface area contributed by atoms with Gasteiger partial charge in [0.15, 0.2) is 6.61 Å². The molecule has 2 amide bonds. The summed E-state index contributed by atoms with van der Waals surface area (Å²) < 4.78 is 4.53. The van der Waals surface area contributed by atoms with E-state index in [1.54, 1.807) is 14.1 Å². The first-order valence-corrected chi connectivity index (χ1v) is 3.12. The molecule has 11 heavy (non-hydrogen) atoms. The Hall–Kier alpha value is -1.26. The Bertz CT molecular complexity index is 156. The van der Waals surface area contributed by atoms with Crippen LogP contribution < -0.4 is 5.32 Å². The normalized spacial score (nSPS) is 8.64. The van der Waals surface area contributed by atoms with Gasteiger partial charge in [0.2, 0.25) is 0 Å². The minimum atomic E-state index is -0.520. The van der Waals surface area contributed by atoms with E-state index in [4.69, 9.17) is 0 Å². The number of nitrogens with one attached hydrogen (secondary N) is 1. The average Bonchev–Trinajstić information content (AvgIpc) is 1.99. The summed E-state index contributed by atoms with van der Waals surface area (Å²) in [5.74, 6) is -0.319. The largest absolute Gasteiger partial charge is 0.439 e. The molecule has 0 unspecified atom stereocenters. The Labute approximate surface area is 65.3 Å². The second-order valence-electron chi connectivity index (χ2n) is 2.12. The van der Waals surface area contributed by atoms with Crippen LogP contribution in [0.1, 0.15) is 0 Å². The molecule has 0 fully saturated rings. The molecule has 0 radical (unpaired) electrons. The van der Waals surface area contributed by atoms with E-state index in [1.807, 2.05) is 0 Å². The van der Waals surface area contributed by atoms with E-state index in [0.29, 0.717) is 0 Å². The van der Waals surface area contributed by atoms with Crippen molar-refractivity contribution in [3.8, 4) is 0 Å². The van der Waals surface area contributed by atoms with Crippen LogP contribution in [0.3, 0.4) is 0 Å². The molecule has 0 aromatic carbocycles. The van der Waals surface area contributed by atoms with Gasteiger partial charge < -0.3 is 15.0 Å². The summed E-state index contributed by atoms with van der Waals surface area (Å²) in [7, 11) is 4.57. The van der Waals surface area contributed by atoms with Crippen LogP contribution in [-0.2, 0) is 9.53 Å². The van der Waals surface area contributed by atoms with Gasteiger partial charge in [-0.2, -0.15) is 0 Å². The zero-order valence-electron chi connectivity index (χ0n) is 6.88. The molecular weight excluding hydrogens is 148 g/mol. The molecule has 0 bridgehead atoms. The number of amides is 2. The third kappa shape index (κ3) is 4.19. The Morgan fingerprint density at radius 1 is 1.45 bits per heavy atom. The third-order valence-electron chi connectivity index (χ3n) is 0.971.